The van der Waals surface area contributed by atoms with Crippen LogP contribution >= 0.6 is 15.9 Å². The van der Waals surface area contributed by atoms with E-state index in [1.807, 2.05) is 37.8 Å². The lowest BCUT2D eigenvalue weighted by atomic mass is 10.00. The maximum absolute atomic E-state index is 12.6. The Balaban J connectivity index is 1.47. The molecule has 2 aliphatic rings. The number of nitrogens with zero attached hydrogens (tertiary/aromatic N) is 1. The van der Waals surface area contributed by atoms with Crippen molar-refractivity contribution in [2.24, 2.45) is 0 Å². The molecule has 1 amide bonds. The Morgan fingerprint density at radius 2 is 1.86 bits per heavy atom. The van der Waals surface area contributed by atoms with Crippen LogP contribution in [0.2, 0.25) is 0 Å². The van der Waals surface area contributed by atoms with Crippen molar-refractivity contribution in [2.75, 3.05) is 0 Å². The lowest BCUT2D eigenvalue weighted by Crippen LogP contribution is -2.50. The van der Waals surface area contributed by atoms with Crippen molar-refractivity contribution < 1.29 is 18.7 Å². The molecular formula is C21H24BrNO5. The minimum Gasteiger partial charge on any atom is -0.490 e. The Morgan fingerprint density at radius 3 is 2.50 bits per heavy atom. The van der Waals surface area contributed by atoms with Crippen molar-refractivity contribution in [1.82, 2.24) is 4.90 Å². The third kappa shape index (κ3) is 3.90. The first kappa shape index (κ1) is 19.3. The van der Waals surface area contributed by atoms with Gasteiger partial charge in [-0.25, -0.2) is 9.59 Å². The maximum Gasteiger partial charge on any atom is 0.410 e. The van der Waals surface area contributed by atoms with Gasteiger partial charge in [-0.3, -0.25) is 0 Å². The van der Waals surface area contributed by atoms with Gasteiger partial charge in [0.05, 0.1) is 0 Å². The minimum atomic E-state index is -0.492. The summed E-state index contributed by atoms with van der Waals surface area (Å²) in [5.41, 5.74) is -0.401. The Kier molecular flexibility index (Phi) is 4.89. The number of benzene rings is 1. The topological polar surface area (TPSA) is 69.0 Å². The lowest BCUT2D eigenvalue weighted by molar-refractivity contribution is -0.00705. The Bertz CT molecular complexity index is 949. The van der Waals surface area contributed by atoms with E-state index in [0.29, 0.717) is 15.8 Å². The van der Waals surface area contributed by atoms with Crippen LogP contribution in [0, 0.1) is 0 Å². The summed E-state index contributed by atoms with van der Waals surface area (Å²) in [6, 6.07) is 7.55. The van der Waals surface area contributed by atoms with E-state index < -0.39 is 11.2 Å². The molecule has 4 rings (SSSR count). The molecule has 6 nitrogen and oxygen atoms in total. The van der Waals surface area contributed by atoms with Crippen molar-refractivity contribution >= 4 is 33.0 Å². The van der Waals surface area contributed by atoms with Crippen LogP contribution < -0.4 is 10.4 Å². The highest BCUT2D eigenvalue weighted by Gasteiger charge is 2.45. The van der Waals surface area contributed by atoms with Crippen molar-refractivity contribution in [1.29, 1.82) is 0 Å². The standard InChI is InChI=1S/C21H24BrNO5/c1-21(2,3)28-20(25)23-13-5-6-14(23)10-16(9-13)26-15-7-4-12-8-17(22)19(24)27-18(12)11-15/h4,7-8,11,13-14,16H,5-6,9-10H2,1-3H3. The molecule has 0 N–H and O–H groups in total. The Morgan fingerprint density at radius 1 is 1.18 bits per heavy atom. The number of rotatable bonds is 2. The van der Waals surface area contributed by atoms with Crippen LogP contribution in [0.3, 0.4) is 0 Å². The van der Waals surface area contributed by atoms with Gasteiger partial charge in [0, 0.05) is 36.4 Å². The number of carbonyl (C=O) groups is 1. The first-order valence-electron chi connectivity index (χ1n) is 9.61. The molecule has 0 spiro atoms. The summed E-state index contributed by atoms with van der Waals surface area (Å²) in [5.74, 6) is 0.674. The highest BCUT2D eigenvalue weighted by atomic mass is 79.9. The summed E-state index contributed by atoms with van der Waals surface area (Å²) in [5, 5.41) is 0.832. The normalized spacial score (nSPS) is 24.4. The van der Waals surface area contributed by atoms with Crippen LogP contribution in [-0.2, 0) is 4.74 Å². The quantitative estimate of drug-likeness (QED) is 0.611. The van der Waals surface area contributed by atoms with E-state index in [-0.39, 0.29) is 24.3 Å². The molecule has 150 valence electrons. The van der Waals surface area contributed by atoms with Gasteiger partial charge in [0.2, 0.25) is 0 Å². The molecule has 1 aromatic carbocycles. The molecule has 2 atom stereocenters. The van der Waals surface area contributed by atoms with E-state index >= 15 is 0 Å². The summed E-state index contributed by atoms with van der Waals surface area (Å²) >= 11 is 3.19. The van der Waals surface area contributed by atoms with E-state index in [9.17, 15) is 9.59 Å². The van der Waals surface area contributed by atoms with Gasteiger partial charge in [0.25, 0.3) is 0 Å². The van der Waals surface area contributed by atoms with Gasteiger partial charge in [0.15, 0.2) is 0 Å². The van der Waals surface area contributed by atoms with E-state index in [0.717, 1.165) is 31.1 Å². The summed E-state index contributed by atoms with van der Waals surface area (Å²) < 4.78 is 17.5. The van der Waals surface area contributed by atoms with Crippen LogP contribution in [0.25, 0.3) is 11.0 Å². The SMILES string of the molecule is CC(C)(C)OC(=O)N1C2CCC1CC(Oc1ccc3cc(Br)c(=O)oc3c1)C2. The van der Waals surface area contributed by atoms with E-state index in [1.54, 1.807) is 12.1 Å². The van der Waals surface area contributed by atoms with Crippen LogP contribution in [0.15, 0.2) is 37.9 Å². The van der Waals surface area contributed by atoms with Gasteiger partial charge in [-0.2, -0.15) is 0 Å². The fourth-order valence-electron chi connectivity index (χ4n) is 4.17. The highest BCUT2D eigenvalue weighted by molar-refractivity contribution is 9.10. The number of amides is 1. The van der Waals surface area contributed by atoms with Gasteiger partial charge in [-0.1, -0.05) is 0 Å². The summed E-state index contributed by atoms with van der Waals surface area (Å²) in [6.45, 7) is 5.66. The second-order valence-corrected chi connectivity index (χ2v) is 9.42. The van der Waals surface area contributed by atoms with Crippen LogP contribution in [0.5, 0.6) is 5.75 Å². The molecule has 0 radical (unpaired) electrons. The molecule has 2 aliphatic heterocycles. The molecule has 0 aliphatic carbocycles. The summed E-state index contributed by atoms with van der Waals surface area (Å²) in [6.07, 6.45) is 3.30. The van der Waals surface area contributed by atoms with E-state index in [1.165, 1.54) is 0 Å². The van der Waals surface area contributed by atoms with Gasteiger partial charge < -0.3 is 18.8 Å². The number of hydrogen-bond acceptors (Lipinski definition) is 5. The number of ether oxygens (including phenoxy) is 2. The molecule has 7 heteroatoms. The number of fused-ring (bicyclic) bond motifs is 3. The van der Waals surface area contributed by atoms with Crippen molar-refractivity contribution in [3.05, 3.63) is 39.2 Å². The molecule has 3 heterocycles. The molecule has 2 saturated heterocycles. The van der Waals surface area contributed by atoms with Crippen molar-refractivity contribution in [3.8, 4) is 5.75 Å². The highest BCUT2D eigenvalue weighted by Crippen LogP contribution is 2.38. The summed E-state index contributed by atoms with van der Waals surface area (Å²) in [7, 11) is 0. The molecule has 2 aromatic rings. The van der Waals surface area contributed by atoms with Crippen molar-refractivity contribution in [3.63, 3.8) is 0 Å². The molecule has 28 heavy (non-hydrogen) atoms. The fourth-order valence-corrected chi connectivity index (χ4v) is 4.50. The van der Waals surface area contributed by atoms with Gasteiger partial charge in [-0.05, 0) is 67.7 Å². The largest absolute Gasteiger partial charge is 0.490 e. The smallest absolute Gasteiger partial charge is 0.410 e. The molecule has 2 unspecified atom stereocenters. The second-order valence-electron chi connectivity index (χ2n) is 8.57. The number of carbonyl (C=O) groups excluding carboxylic acids is 1. The molecule has 0 saturated carbocycles. The third-order valence-electron chi connectivity index (χ3n) is 5.26. The maximum atomic E-state index is 12.6. The predicted molar refractivity (Wildman–Crippen MR) is 109 cm³/mol. The van der Waals surface area contributed by atoms with Crippen LogP contribution in [0.1, 0.15) is 46.5 Å². The predicted octanol–water partition coefficient (Wildman–Crippen LogP) is 4.86. The van der Waals surface area contributed by atoms with Gasteiger partial charge in [0.1, 0.15) is 27.5 Å². The first-order chi connectivity index (χ1) is 13.2. The average Bonchev–Trinajstić information content (AvgIpc) is 2.86. The molecule has 2 fully saturated rings. The number of piperidine rings is 1. The summed E-state index contributed by atoms with van der Waals surface area (Å²) in [4.78, 5) is 26.2. The zero-order valence-corrected chi connectivity index (χ0v) is 17.8. The first-order valence-corrected chi connectivity index (χ1v) is 10.4. The zero-order chi connectivity index (χ0) is 20.1. The Hall–Kier alpha value is -2.02. The van der Waals surface area contributed by atoms with Gasteiger partial charge in [-0.15, -0.1) is 0 Å². The van der Waals surface area contributed by atoms with E-state index in [4.69, 9.17) is 13.9 Å². The Labute approximate surface area is 171 Å². The number of halogens is 1. The zero-order valence-electron chi connectivity index (χ0n) is 16.2. The lowest BCUT2D eigenvalue weighted by Gasteiger charge is -2.39. The van der Waals surface area contributed by atoms with Crippen molar-refractivity contribution in [2.45, 2.75) is 70.2 Å². The van der Waals surface area contributed by atoms with Crippen LogP contribution in [0.4, 0.5) is 4.79 Å². The van der Waals surface area contributed by atoms with E-state index in [2.05, 4.69) is 15.9 Å². The molecular weight excluding hydrogens is 426 g/mol. The second kappa shape index (κ2) is 7.10. The fraction of sp³-hybridized carbons (Fsp3) is 0.524. The number of hydrogen-bond donors (Lipinski definition) is 0. The minimum absolute atomic E-state index is 0.0239. The van der Waals surface area contributed by atoms with Gasteiger partial charge >= 0.3 is 11.7 Å². The molecule has 1 aromatic heterocycles. The molecule has 2 bridgehead atoms. The third-order valence-corrected chi connectivity index (χ3v) is 5.81. The van der Waals surface area contributed by atoms with Crippen LogP contribution in [-0.4, -0.2) is 34.8 Å². The monoisotopic (exact) mass is 449 g/mol. The average molecular weight is 450 g/mol.